The lowest BCUT2D eigenvalue weighted by Gasteiger charge is -2.37. The first kappa shape index (κ1) is 31.3. The van der Waals surface area contributed by atoms with Gasteiger partial charge in [-0.1, -0.05) is 72.5 Å². The first-order chi connectivity index (χ1) is 22.1. The Kier molecular flexibility index (Phi) is 8.57. The van der Waals surface area contributed by atoms with Gasteiger partial charge in [0.25, 0.3) is 17.0 Å². The standard InChI is InChI=1S/C34H33N7O3S2/c1-22-26(30(36(3)31(42)27(22)20-35)39-17-15-38(16-18-39)21-24-11-7-5-8-12-24)19-28-32(43)40(34(45)46-28)29-23(2)37(4)41(33(29)44)25-13-9-6-10-14-25/h5-14,19H,15-18,21H2,1-4H3. The van der Waals surface area contributed by atoms with E-state index >= 15 is 0 Å². The minimum atomic E-state index is -0.425. The van der Waals surface area contributed by atoms with Gasteiger partial charge >= 0.3 is 0 Å². The molecule has 2 aromatic carbocycles. The number of para-hydroxylation sites is 1. The van der Waals surface area contributed by atoms with Gasteiger partial charge in [-0.3, -0.25) is 33.4 Å². The van der Waals surface area contributed by atoms with E-state index in [1.807, 2.05) is 48.5 Å². The van der Waals surface area contributed by atoms with Crippen LogP contribution in [-0.4, -0.2) is 55.2 Å². The molecule has 0 saturated carbocycles. The third-order valence-corrected chi connectivity index (χ3v) is 10.0. The summed E-state index contributed by atoms with van der Waals surface area (Å²) in [7, 11) is 3.43. The first-order valence-corrected chi connectivity index (χ1v) is 16.1. The van der Waals surface area contributed by atoms with Crippen molar-refractivity contribution in [3.8, 4) is 11.8 Å². The summed E-state index contributed by atoms with van der Waals surface area (Å²) in [6, 6.07) is 21.6. The molecule has 46 heavy (non-hydrogen) atoms. The number of hydrogen-bond donors (Lipinski definition) is 0. The van der Waals surface area contributed by atoms with Crippen LogP contribution in [0.5, 0.6) is 0 Å². The second kappa shape index (κ2) is 12.6. The van der Waals surface area contributed by atoms with E-state index in [9.17, 15) is 19.6 Å². The Balaban J connectivity index is 1.37. The second-order valence-electron chi connectivity index (χ2n) is 11.4. The first-order valence-electron chi connectivity index (χ1n) is 14.9. The van der Waals surface area contributed by atoms with E-state index in [0.717, 1.165) is 31.4 Å². The third-order valence-electron chi connectivity index (χ3n) is 8.71. The number of anilines is 2. The van der Waals surface area contributed by atoms with Crippen LogP contribution in [0, 0.1) is 25.2 Å². The van der Waals surface area contributed by atoms with Crippen LogP contribution in [0.15, 0.2) is 75.2 Å². The van der Waals surface area contributed by atoms with Gasteiger partial charge in [0.2, 0.25) is 0 Å². The number of nitrogens with zero attached hydrogens (tertiary/aromatic N) is 7. The Morgan fingerprint density at radius 2 is 1.54 bits per heavy atom. The number of benzene rings is 2. The minimum absolute atomic E-state index is 0.0281. The lowest BCUT2D eigenvalue weighted by molar-refractivity contribution is -0.113. The van der Waals surface area contributed by atoms with Crippen molar-refractivity contribution in [3.05, 3.63) is 114 Å². The summed E-state index contributed by atoms with van der Waals surface area (Å²) in [5.41, 5.74) is 3.10. The summed E-state index contributed by atoms with van der Waals surface area (Å²) in [5.74, 6) is 0.222. The van der Waals surface area contributed by atoms with Crippen LogP contribution in [-0.2, 0) is 25.4 Å². The molecule has 2 saturated heterocycles. The molecule has 0 spiro atoms. The zero-order valence-electron chi connectivity index (χ0n) is 26.1. The zero-order valence-corrected chi connectivity index (χ0v) is 27.7. The summed E-state index contributed by atoms with van der Waals surface area (Å²) in [4.78, 5) is 47.2. The van der Waals surface area contributed by atoms with Crippen molar-refractivity contribution in [2.45, 2.75) is 20.4 Å². The largest absolute Gasteiger partial charge is 0.355 e. The van der Waals surface area contributed by atoms with Gasteiger partial charge < -0.3 is 4.90 Å². The van der Waals surface area contributed by atoms with Gasteiger partial charge in [0.15, 0.2) is 4.32 Å². The number of piperazine rings is 1. The number of aromatic nitrogens is 3. The average molecular weight is 652 g/mol. The van der Waals surface area contributed by atoms with Crippen molar-refractivity contribution in [2.24, 2.45) is 14.1 Å². The molecular formula is C34H33N7O3S2. The number of thiocarbonyl (C=S) groups is 1. The van der Waals surface area contributed by atoms with E-state index in [0.29, 0.717) is 46.3 Å². The smallest absolute Gasteiger partial charge is 0.296 e. The molecule has 0 atom stereocenters. The number of amides is 1. The number of rotatable bonds is 6. The monoisotopic (exact) mass is 651 g/mol. The summed E-state index contributed by atoms with van der Waals surface area (Å²) in [5, 5.41) is 9.91. The molecule has 1 amide bonds. The number of carbonyl (C=O) groups excluding carboxylic acids is 1. The summed E-state index contributed by atoms with van der Waals surface area (Å²) < 4.78 is 4.96. The highest BCUT2D eigenvalue weighted by Crippen LogP contribution is 2.38. The third kappa shape index (κ3) is 5.40. The van der Waals surface area contributed by atoms with Gasteiger partial charge in [0, 0.05) is 52.4 Å². The van der Waals surface area contributed by atoms with Crippen LogP contribution in [0.1, 0.15) is 27.9 Å². The molecular weight excluding hydrogens is 619 g/mol. The molecule has 234 valence electrons. The molecule has 0 unspecified atom stereocenters. The quantitative estimate of drug-likeness (QED) is 0.227. The molecule has 0 aliphatic carbocycles. The fourth-order valence-corrected chi connectivity index (χ4v) is 7.41. The molecule has 6 rings (SSSR count). The second-order valence-corrected chi connectivity index (χ2v) is 13.1. The fourth-order valence-electron chi connectivity index (χ4n) is 6.16. The van der Waals surface area contributed by atoms with Crippen molar-refractivity contribution in [1.29, 1.82) is 5.26 Å². The van der Waals surface area contributed by atoms with Crippen LogP contribution < -0.4 is 20.9 Å². The van der Waals surface area contributed by atoms with E-state index in [-0.39, 0.29) is 26.7 Å². The number of pyridine rings is 1. The van der Waals surface area contributed by atoms with Gasteiger partial charge in [-0.15, -0.1) is 0 Å². The lowest BCUT2D eigenvalue weighted by Crippen LogP contribution is -2.48. The van der Waals surface area contributed by atoms with Crippen molar-refractivity contribution in [2.75, 3.05) is 36.0 Å². The Bertz CT molecular complexity index is 2050. The minimum Gasteiger partial charge on any atom is -0.355 e. The maximum Gasteiger partial charge on any atom is 0.296 e. The fraction of sp³-hybridized carbons (Fsp3) is 0.265. The number of hydrogen-bond acceptors (Lipinski definition) is 8. The van der Waals surface area contributed by atoms with E-state index in [4.69, 9.17) is 12.2 Å². The van der Waals surface area contributed by atoms with Gasteiger partial charge in [0.05, 0.1) is 16.3 Å². The molecule has 0 radical (unpaired) electrons. The molecule has 4 heterocycles. The highest BCUT2D eigenvalue weighted by Gasteiger charge is 2.38. The molecule has 2 aliphatic rings. The number of carbonyl (C=O) groups is 1. The Labute approximate surface area is 276 Å². The number of thioether (sulfide) groups is 1. The van der Waals surface area contributed by atoms with Crippen LogP contribution in [0.4, 0.5) is 11.5 Å². The Hall–Kier alpha value is -4.70. The molecule has 4 aromatic rings. The lowest BCUT2D eigenvalue weighted by atomic mass is 10.0. The van der Waals surface area contributed by atoms with Crippen LogP contribution in [0.3, 0.4) is 0 Å². The van der Waals surface area contributed by atoms with Gasteiger partial charge in [-0.25, -0.2) is 4.68 Å². The van der Waals surface area contributed by atoms with Crippen molar-refractivity contribution in [3.63, 3.8) is 0 Å². The summed E-state index contributed by atoms with van der Waals surface area (Å²) >= 11 is 6.78. The van der Waals surface area contributed by atoms with Crippen LogP contribution >= 0.6 is 24.0 Å². The molecule has 0 N–H and O–H groups in total. The number of nitriles is 1. The predicted molar refractivity (Wildman–Crippen MR) is 186 cm³/mol. The molecule has 2 aliphatic heterocycles. The highest BCUT2D eigenvalue weighted by molar-refractivity contribution is 8.27. The SMILES string of the molecule is Cc1c(C=C2SC(=S)N(c3c(C)n(C)n(-c4ccccc4)c3=O)C2=O)c(N2CCN(Cc3ccccc3)CC2)n(C)c(=O)c1C#N. The molecule has 2 aromatic heterocycles. The van der Waals surface area contributed by atoms with Crippen molar-refractivity contribution < 1.29 is 4.79 Å². The predicted octanol–water partition coefficient (Wildman–Crippen LogP) is 4.09. The Morgan fingerprint density at radius 3 is 2.17 bits per heavy atom. The van der Waals surface area contributed by atoms with Gasteiger partial charge in [0.1, 0.15) is 23.1 Å². The van der Waals surface area contributed by atoms with Crippen LogP contribution in [0.2, 0.25) is 0 Å². The van der Waals surface area contributed by atoms with E-state index < -0.39 is 5.91 Å². The topological polar surface area (TPSA) is 99.5 Å². The maximum atomic E-state index is 14.0. The maximum absolute atomic E-state index is 14.0. The summed E-state index contributed by atoms with van der Waals surface area (Å²) in [6.07, 6.45) is 1.72. The molecule has 2 fully saturated rings. The van der Waals surface area contributed by atoms with Gasteiger partial charge in [-0.05, 0) is 43.2 Å². The van der Waals surface area contributed by atoms with Gasteiger partial charge in [-0.2, -0.15) is 5.26 Å². The average Bonchev–Trinajstić information content (AvgIpc) is 3.45. The van der Waals surface area contributed by atoms with Crippen LogP contribution in [0.25, 0.3) is 11.8 Å². The molecule has 10 nitrogen and oxygen atoms in total. The van der Waals surface area contributed by atoms with E-state index in [1.165, 1.54) is 19.7 Å². The Morgan fingerprint density at radius 1 is 0.913 bits per heavy atom. The molecule has 12 heteroatoms. The van der Waals surface area contributed by atoms with Crippen molar-refractivity contribution in [1.82, 2.24) is 18.8 Å². The molecule has 0 bridgehead atoms. The zero-order chi connectivity index (χ0) is 32.7. The normalized spacial score (nSPS) is 16.5. The highest BCUT2D eigenvalue weighted by atomic mass is 32.2. The van der Waals surface area contributed by atoms with Crippen molar-refractivity contribution >= 4 is 51.8 Å². The van der Waals surface area contributed by atoms with E-state index in [1.54, 1.807) is 38.7 Å². The van der Waals surface area contributed by atoms with E-state index in [2.05, 4.69) is 28.0 Å². The summed E-state index contributed by atoms with van der Waals surface area (Å²) in [6.45, 7) is 7.24.